The third-order valence-electron chi connectivity index (χ3n) is 3.52. The van der Waals surface area contributed by atoms with Crippen molar-refractivity contribution in [2.45, 2.75) is 12.6 Å². The molecule has 2 aromatic rings. The molecule has 0 bridgehead atoms. The normalized spacial score (nSPS) is 19.6. The molecule has 2 heterocycles. The van der Waals surface area contributed by atoms with Crippen molar-refractivity contribution in [3.63, 3.8) is 0 Å². The van der Waals surface area contributed by atoms with Gasteiger partial charge in [-0.15, -0.1) is 12.4 Å². The molecule has 1 aliphatic heterocycles. The van der Waals surface area contributed by atoms with Crippen molar-refractivity contribution in [2.24, 2.45) is 0 Å². The van der Waals surface area contributed by atoms with Gasteiger partial charge in [0.2, 0.25) is 0 Å². The summed E-state index contributed by atoms with van der Waals surface area (Å²) < 4.78 is 13.4. The molecule has 4 nitrogen and oxygen atoms in total. The fourth-order valence-electron chi connectivity index (χ4n) is 2.57. The molecular weight excluding hydrogens is 279 g/mol. The minimum atomic E-state index is -0.176. The molecule has 0 amide bonds. The quantitative estimate of drug-likeness (QED) is 0.912. The van der Waals surface area contributed by atoms with Crippen molar-refractivity contribution in [1.29, 1.82) is 0 Å². The second-order valence-electron chi connectivity index (χ2n) is 4.83. The van der Waals surface area contributed by atoms with Crippen molar-refractivity contribution in [1.82, 2.24) is 20.4 Å². The fourth-order valence-corrected chi connectivity index (χ4v) is 2.57. The highest BCUT2D eigenvalue weighted by Gasteiger charge is 2.24. The van der Waals surface area contributed by atoms with E-state index in [2.05, 4.69) is 20.4 Å². The van der Waals surface area contributed by atoms with Crippen LogP contribution in [0.3, 0.4) is 0 Å². The number of hydrogen-bond acceptors (Lipinski definition) is 3. The molecule has 1 aliphatic rings. The van der Waals surface area contributed by atoms with Crippen molar-refractivity contribution in [2.75, 3.05) is 19.6 Å². The first-order chi connectivity index (χ1) is 9.33. The van der Waals surface area contributed by atoms with E-state index in [-0.39, 0.29) is 24.3 Å². The van der Waals surface area contributed by atoms with Crippen LogP contribution in [-0.4, -0.2) is 34.7 Å². The van der Waals surface area contributed by atoms with Gasteiger partial charge < -0.3 is 5.32 Å². The van der Waals surface area contributed by atoms with Gasteiger partial charge >= 0.3 is 0 Å². The summed E-state index contributed by atoms with van der Waals surface area (Å²) in [7, 11) is 0. The van der Waals surface area contributed by atoms with Gasteiger partial charge in [0.1, 0.15) is 5.82 Å². The van der Waals surface area contributed by atoms with Crippen LogP contribution < -0.4 is 5.32 Å². The van der Waals surface area contributed by atoms with Crippen LogP contribution >= 0.6 is 12.4 Å². The summed E-state index contributed by atoms with van der Waals surface area (Å²) >= 11 is 0. The lowest BCUT2D eigenvalue weighted by Gasteiger charge is -2.36. The number of aromatic amines is 1. The molecule has 0 radical (unpaired) electrons. The van der Waals surface area contributed by atoms with Gasteiger partial charge in [-0.2, -0.15) is 5.10 Å². The summed E-state index contributed by atoms with van der Waals surface area (Å²) in [6, 6.07) is 9.04. The van der Waals surface area contributed by atoms with Gasteiger partial charge in [0.25, 0.3) is 0 Å². The number of aromatic nitrogens is 2. The number of benzene rings is 1. The number of piperazine rings is 1. The maximum Gasteiger partial charge on any atom is 0.123 e. The Morgan fingerprint density at radius 3 is 3.00 bits per heavy atom. The lowest BCUT2D eigenvalue weighted by atomic mass is 10.0. The van der Waals surface area contributed by atoms with Crippen LogP contribution in [0, 0.1) is 5.82 Å². The van der Waals surface area contributed by atoms with E-state index in [9.17, 15) is 4.39 Å². The fraction of sp³-hybridized carbons (Fsp3) is 0.357. The molecule has 1 fully saturated rings. The summed E-state index contributed by atoms with van der Waals surface area (Å²) in [5.74, 6) is -0.176. The summed E-state index contributed by atoms with van der Waals surface area (Å²) in [5, 5.41) is 10.3. The SMILES string of the molecule is Cl.Fc1cccc(C2CNCCN2Cc2ccn[nH]2)c1. The van der Waals surface area contributed by atoms with Crippen molar-refractivity contribution in [3.05, 3.63) is 53.6 Å². The zero-order valence-corrected chi connectivity index (χ0v) is 11.9. The highest BCUT2D eigenvalue weighted by molar-refractivity contribution is 5.85. The van der Waals surface area contributed by atoms with Gasteiger partial charge in [0, 0.05) is 44.1 Å². The van der Waals surface area contributed by atoms with E-state index in [0.717, 1.165) is 37.4 Å². The molecule has 1 saturated heterocycles. The lowest BCUT2D eigenvalue weighted by molar-refractivity contribution is 0.151. The predicted molar refractivity (Wildman–Crippen MR) is 78.3 cm³/mol. The third-order valence-corrected chi connectivity index (χ3v) is 3.52. The maximum absolute atomic E-state index is 13.4. The third kappa shape index (κ3) is 3.36. The Kier molecular flexibility index (Phi) is 5.11. The Morgan fingerprint density at radius 1 is 1.35 bits per heavy atom. The summed E-state index contributed by atoms with van der Waals surface area (Å²) in [6.07, 6.45) is 1.76. The van der Waals surface area contributed by atoms with Crippen LogP contribution in [0.2, 0.25) is 0 Å². The summed E-state index contributed by atoms with van der Waals surface area (Å²) in [5.41, 5.74) is 2.11. The average molecular weight is 297 g/mol. The predicted octanol–water partition coefficient (Wildman–Crippen LogP) is 2.12. The Balaban J connectivity index is 0.00000147. The number of halogens is 2. The summed E-state index contributed by atoms with van der Waals surface area (Å²) in [6.45, 7) is 3.56. The standard InChI is InChI=1S/C14H17FN4.ClH/c15-12-3-1-2-11(8-12)14-9-16-6-7-19(14)10-13-4-5-17-18-13;/h1-5,8,14,16H,6-7,9-10H2,(H,17,18);1H. The Hall–Kier alpha value is -1.43. The van der Waals surface area contributed by atoms with Crippen LogP contribution in [0.1, 0.15) is 17.3 Å². The zero-order valence-electron chi connectivity index (χ0n) is 11.1. The second kappa shape index (κ2) is 6.83. The van der Waals surface area contributed by atoms with Gasteiger partial charge in [-0.1, -0.05) is 12.1 Å². The second-order valence-corrected chi connectivity index (χ2v) is 4.83. The Labute approximate surface area is 123 Å². The molecule has 20 heavy (non-hydrogen) atoms. The lowest BCUT2D eigenvalue weighted by Crippen LogP contribution is -2.45. The van der Waals surface area contributed by atoms with Crippen molar-refractivity contribution in [3.8, 4) is 0 Å². The number of rotatable bonds is 3. The van der Waals surface area contributed by atoms with E-state index in [1.165, 1.54) is 6.07 Å². The van der Waals surface area contributed by atoms with Crippen LogP contribution in [0.15, 0.2) is 36.5 Å². The van der Waals surface area contributed by atoms with E-state index in [0.29, 0.717) is 0 Å². The number of H-pyrrole nitrogens is 1. The first-order valence-electron chi connectivity index (χ1n) is 6.51. The Bertz CT molecular complexity index is 532. The van der Waals surface area contributed by atoms with Crippen molar-refractivity contribution >= 4 is 12.4 Å². The van der Waals surface area contributed by atoms with E-state index in [4.69, 9.17) is 0 Å². The smallest absolute Gasteiger partial charge is 0.123 e. The first-order valence-corrected chi connectivity index (χ1v) is 6.51. The zero-order chi connectivity index (χ0) is 13.1. The minimum absolute atomic E-state index is 0. The average Bonchev–Trinajstić information content (AvgIpc) is 2.92. The van der Waals surface area contributed by atoms with Gasteiger partial charge in [-0.25, -0.2) is 4.39 Å². The topological polar surface area (TPSA) is 44.0 Å². The largest absolute Gasteiger partial charge is 0.314 e. The molecule has 6 heteroatoms. The Morgan fingerprint density at radius 2 is 2.25 bits per heavy atom. The molecule has 1 aromatic heterocycles. The molecular formula is C14H18ClFN4. The molecule has 0 spiro atoms. The molecule has 0 aliphatic carbocycles. The van der Waals surface area contributed by atoms with Crippen LogP contribution in [-0.2, 0) is 6.54 Å². The van der Waals surface area contributed by atoms with E-state index >= 15 is 0 Å². The highest BCUT2D eigenvalue weighted by Crippen LogP contribution is 2.24. The van der Waals surface area contributed by atoms with E-state index in [1.54, 1.807) is 18.3 Å². The maximum atomic E-state index is 13.4. The molecule has 1 unspecified atom stereocenters. The van der Waals surface area contributed by atoms with E-state index in [1.807, 2.05) is 12.1 Å². The molecule has 0 saturated carbocycles. The van der Waals surface area contributed by atoms with Gasteiger partial charge in [-0.3, -0.25) is 10.00 Å². The van der Waals surface area contributed by atoms with Crippen LogP contribution in [0.25, 0.3) is 0 Å². The van der Waals surface area contributed by atoms with Gasteiger partial charge in [-0.05, 0) is 23.8 Å². The van der Waals surface area contributed by atoms with Crippen molar-refractivity contribution < 1.29 is 4.39 Å². The highest BCUT2D eigenvalue weighted by atomic mass is 35.5. The van der Waals surface area contributed by atoms with Gasteiger partial charge in [0.15, 0.2) is 0 Å². The van der Waals surface area contributed by atoms with E-state index < -0.39 is 0 Å². The molecule has 108 valence electrons. The molecule has 1 aromatic carbocycles. The number of hydrogen-bond donors (Lipinski definition) is 2. The number of nitrogens with one attached hydrogen (secondary N) is 2. The monoisotopic (exact) mass is 296 g/mol. The first kappa shape index (κ1) is 15.0. The minimum Gasteiger partial charge on any atom is -0.314 e. The number of nitrogens with zero attached hydrogens (tertiary/aromatic N) is 2. The van der Waals surface area contributed by atoms with Gasteiger partial charge in [0.05, 0.1) is 0 Å². The molecule has 3 rings (SSSR count). The van der Waals surface area contributed by atoms with Crippen LogP contribution in [0.4, 0.5) is 4.39 Å². The molecule has 1 atom stereocenters. The van der Waals surface area contributed by atoms with Crippen LogP contribution in [0.5, 0.6) is 0 Å². The summed E-state index contributed by atoms with van der Waals surface area (Å²) in [4.78, 5) is 2.35. The molecule has 2 N–H and O–H groups in total.